The highest BCUT2D eigenvalue weighted by Gasteiger charge is 2.26. The maximum absolute atomic E-state index is 11.1. The first kappa shape index (κ1) is 12.6. The van der Waals surface area contributed by atoms with Crippen molar-refractivity contribution in [2.24, 2.45) is 5.73 Å². The van der Waals surface area contributed by atoms with Crippen LogP contribution in [0.2, 0.25) is 0 Å². The fraction of sp³-hybridized carbons (Fsp3) is 0.357. The van der Waals surface area contributed by atoms with E-state index in [0.29, 0.717) is 6.42 Å². The molecule has 1 aromatic carbocycles. The predicted octanol–water partition coefficient (Wildman–Crippen LogP) is 2.38. The highest BCUT2D eigenvalue weighted by Crippen LogP contribution is 2.31. The molecule has 4 N–H and O–H groups in total. The van der Waals surface area contributed by atoms with Gasteiger partial charge in [-0.05, 0) is 24.5 Å². The number of carboxylic acid groups (broad SMARTS) is 1. The Hall–Kier alpha value is -1.81. The van der Waals surface area contributed by atoms with Crippen molar-refractivity contribution in [1.82, 2.24) is 4.98 Å². The molecule has 0 saturated carbocycles. The molecular weight excluding hydrogens is 228 g/mol. The van der Waals surface area contributed by atoms with Crippen LogP contribution in [0.25, 0.3) is 10.9 Å². The number of fused-ring (bicyclic) bond motifs is 1. The lowest BCUT2D eigenvalue weighted by atomic mass is 9.89. The molecule has 0 aliphatic heterocycles. The van der Waals surface area contributed by atoms with Gasteiger partial charge in [-0.25, -0.2) is 0 Å². The number of nitrogens with one attached hydrogen (secondary N) is 1. The number of aromatic nitrogens is 1. The third kappa shape index (κ3) is 1.99. The van der Waals surface area contributed by atoms with Crippen LogP contribution in [-0.2, 0) is 4.79 Å². The number of para-hydroxylation sites is 1. The van der Waals surface area contributed by atoms with Gasteiger partial charge in [-0.1, -0.05) is 25.1 Å². The Kier molecular flexibility index (Phi) is 3.39. The van der Waals surface area contributed by atoms with E-state index in [1.165, 1.54) is 0 Å². The molecule has 2 unspecified atom stereocenters. The van der Waals surface area contributed by atoms with E-state index in [2.05, 4.69) is 4.98 Å². The molecule has 96 valence electrons. The molecule has 18 heavy (non-hydrogen) atoms. The zero-order valence-electron chi connectivity index (χ0n) is 10.6. The average molecular weight is 246 g/mol. The summed E-state index contributed by atoms with van der Waals surface area (Å²) in [6.07, 6.45) is 2.59. The summed E-state index contributed by atoms with van der Waals surface area (Å²) < 4.78 is 0. The molecule has 0 fully saturated rings. The lowest BCUT2D eigenvalue weighted by Crippen LogP contribution is -2.36. The predicted molar refractivity (Wildman–Crippen MR) is 71.7 cm³/mol. The quantitative estimate of drug-likeness (QED) is 0.775. The summed E-state index contributed by atoms with van der Waals surface area (Å²) in [5.41, 5.74) is 8.98. The smallest absolute Gasteiger partial charge is 0.321 e. The van der Waals surface area contributed by atoms with Crippen LogP contribution in [0.15, 0.2) is 24.4 Å². The number of H-pyrrole nitrogens is 1. The maximum Gasteiger partial charge on any atom is 0.321 e. The Morgan fingerprint density at radius 3 is 2.83 bits per heavy atom. The van der Waals surface area contributed by atoms with Gasteiger partial charge in [0, 0.05) is 23.0 Å². The molecule has 0 aliphatic rings. The van der Waals surface area contributed by atoms with Crippen LogP contribution in [0.1, 0.15) is 30.4 Å². The number of hydrogen-bond acceptors (Lipinski definition) is 2. The molecule has 1 aromatic heterocycles. The minimum Gasteiger partial charge on any atom is -0.480 e. The standard InChI is InChI=1S/C14H18N2O2/c1-3-9(12(15)14(17)18)11-7-16-13-8(2)5-4-6-10(11)13/h4-7,9,12,16H,3,15H2,1-2H3,(H,17,18). The van der Waals surface area contributed by atoms with E-state index in [1.807, 2.05) is 38.2 Å². The number of aryl methyl sites for hydroxylation is 1. The van der Waals surface area contributed by atoms with Crippen molar-refractivity contribution in [1.29, 1.82) is 0 Å². The van der Waals surface area contributed by atoms with Crippen molar-refractivity contribution >= 4 is 16.9 Å². The van der Waals surface area contributed by atoms with Crippen LogP contribution in [0.4, 0.5) is 0 Å². The minimum absolute atomic E-state index is 0.168. The van der Waals surface area contributed by atoms with Gasteiger partial charge in [-0.2, -0.15) is 0 Å². The van der Waals surface area contributed by atoms with Crippen LogP contribution < -0.4 is 5.73 Å². The number of carbonyl (C=O) groups is 1. The largest absolute Gasteiger partial charge is 0.480 e. The Balaban J connectivity index is 2.52. The summed E-state index contributed by atoms with van der Waals surface area (Å²) >= 11 is 0. The Bertz CT molecular complexity index is 574. The number of aromatic amines is 1. The Labute approximate surface area is 106 Å². The molecule has 2 aromatic rings. The molecule has 4 heteroatoms. The Morgan fingerprint density at radius 1 is 1.50 bits per heavy atom. The molecule has 0 spiro atoms. The zero-order valence-corrected chi connectivity index (χ0v) is 10.6. The maximum atomic E-state index is 11.1. The van der Waals surface area contributed by atoms with Crippen molar-refractivity contribution in [3.63, 3.8) is 0 Å². The van der Waals surface area contributed by atoms with Gasteiger partial charge in [0.05, 0.1) is 0 Å². The van der Waals surface area contributed by atoms with Crippen molar-refractivity contribution in [2.75, 3.05) is 0 Å². The SMILES string of the molecule is CCC(c1c[nH]c2c(C)cccc12)C(N)C(=O)O. The molecule has 1 heterocycles. The molecule has 2 rings (SSSR count). The van der Waals surface area contributed by atoms with Gasteiger partial charge in [-0.15, -0.1) is 0 Å². The van der Waals surface area contributed by atoms with Crippen molar-refractivity contribution in [3.05, 3.63) is 35.5 Å². The lowest BCUT2D eigenvalue weighted by Gasteiger charge is -2.18. The monoisotopic (exact) mass is 246 g/mol. The normalized spacial score (nSPS) is 14.6. The van der Waals surface area contributed by atoms with E-state index in [9.17, 15) is 4.79 Å². The van der Waals surface area contributed by atoms with Crippen LogP contribution in [0, 0.1) is 6.92 Å². The minimum atomic E-state index is -0.955. The molecule has 2 atom stereocenters. The third-order valence-electron chi connectivity index (χ3n) is 3.51. The first-order valence-corrected chi connectivity index (χ1v) is 6.11. The fourth-order valence-corrected chi connectivity index (χ4v) is 2.47. The molecule has 4 nitrogen and oxygen atoms in total. The summed E-state index contributed by atoms with van der Waals surface area (Å²) in [6.45, 7) is 3.99. The number of carboxylic acids is 1. The summed E-state index contributed by atoms with van der Waals surface area (Å²) in [5.74, 6) is -1.12. The molecule has 0 bridgehead atoms. The number of benzene rings is 1. The Morgan fingerprint density at radius 2 is 2.22 bits per heavy atom. The number of nitrogens with two attached hydrogens (primary N) is 1. The summed E-state index contributed by atoms with van der Waals surface area (Å²) in [5, 5.41) is 10.1. The van der Waals surface area contributed by atoms with Gasteiger partial charge in [0.2, 0.25) is 0 Å². The third-order valence-corrected chi connectivity index (χ3v) is 3.51. The van der Waals surface area contributed by atoms with E-state index in [1.54, 1.807) is 0 Å². The van der Waals surface area contributed by atoms with Gasteiger partial charge >= 0.3 is 5.97 Å². The van der Waals surface area contributed by atoms with Gasteiger partial charge in [0.1, 0.15) is 6.04 Å². The van der Waals surface area contributed by atoms with Crippen molar-refractivity contribution < 1.29 is 9.90 Å². The van der Waals surface area contributed by atoms with Gasteiger partial charge < -0.3 is 15.8 Å². The first-order chi connectivity index (χ1) is 8.56. The summed E-state index contributed by atoms with van der Waals surface area (Å²) in [4.78, 5) is 14.3. The number of hydrogen-bond donors (Lipinski definition) is 3. The highest BCUT2D eigenvalue weighted by atomic mass is 16.4. The molecule has 0 aliphatic carbocycles. The van der Waals surface area contributed by atoms with Gasteiger partial charge in [0.15, 0.2) is 0 Å². The van der Waals surface area contributed by atoms with Gasteiger partial charge in [0.25, 0.3) is 0 Å². The summed E-state index contributed by atoms with van der Waals surface area (Å²) in [7, 11) is 0. The van der Waals surface area contributed by atoms with E-state index < -0.39 is 12.0 Å². The van der Waals surface area contributed by atoms with Gasteiger partial charge in [-0.3, -0.25) is 4.79 Å². The van der Waals surface area contributed by atoms with Crippen LogP contribution in [-0.4, -0.2) is 22.1 Å². The van der Waals surface area contributed by atoms with E-state index >= 15 is 0 Å². The first-order valence-electron chi connectivity index (χ1n) is 6.11. The zero-order chi connectivity index (χ0) is 13.3. The molecule has 0 radical (unpaired) electrons. The van der Waals surface area contributed by atoms with E-state index in [0.717, 1.165) is 22.0 Å². The fourth-order valence-electron chi connectivity index (χ4n) is 2.47. The molecule has 0 saturated heterocycles. The topological polar surface area (TPSA) is 79.1 Å². The second-order valence-corrected chi connectivity index (χ2v) is 4.62. The summed E-state index contributed by atoms with van der Waals surface area (Å²) in [6, 6.07) is 5.15. The van der Waals surface area contributed by atoms with Crippen LogP contribution in [0.5, 0.6) is 0 Å². The molecular formula is C14H18N2O2. The van der Waals surface area contributed by atoms with Crippen molar-refractivity contribution in [2.45, 2.75) is 32.2 Å². The van der Waals surface area contributed by atoms with E-state index in [-0.39, 0.29) is 5.92 Å². The lowest BCUT2D eigenvalue weighted by molar-refractivity contribution is -0.139. The van der Waals surface area contributed by atoms with Crippen molar-refractivity contribution in [3.8, 4) is 0 Å². The second-order valence-electron chi connectivity index (χ2n) is 4.62. The highest BCUT2D eigenvalue weighted by molar-refractivity contribution is 5.87. The second kappa shape index (κ2) is 4.82. The number of aliphatic carboxylic acids is 1. The number of rotatable bonds is 4. The molecule has 0 amide bonds. The van der Waals surface area contributed by atoms with Crippen LogP contribution in [0.3, 0.4) is 0 Å². The van der Waals surface area contributed by atoms with E-state index in [4.69, 9.17) is 10.8 Å². The van der Waals surface area contributed by atoms with Crippen LogP contribution >= 0.6 is 0 Å². The average Bonchev–Trinajstić information content (AvgIpc) is 2.75.